The number of benzene rings is 1. The van der Waals surface area contributed by atoms with E-state index in [-0.39, 0.29) is 12.1 Å². The normalized spacial score (nSPS) is 21.9. The second-order valence-corrected chi connectivity index (χ2v) is 6.38. The first-order chi connectivity index (χ1) is 9.81. The molecule has 1 heterocycles. The molecule has 0 saturated carbocycles. The Bertz CT molecular complexity index is 431. The Kier molecular flexibility index (Phi) is 6.83. The van der Waals surface area contributed by atoms with E-state index in [2.05, 4.69) is 28.7 Å². The van der Waals surface area contributed by atoms with Gasteiger partial charge < -0.3 is 4.74 Å². The first-order valence-electron chi connectivity index (χ1n) is 7.66. The number of rotatable bonds is 1. The lowest BCUT2D eigenvalue weighted by Gasteiger charge is -2.16. The standard InChI is InChI=1S/C17H23IO2/c18-13-15-11-6-4-2-1-3-5-9-14-10-7-8-12-16(14)17(19)20-15/h7-8,10,12,15H,1-6,9,11,13H2. The lowest BCUT2D eigenvalue weighted by molar-refractivity contribution is 0.0334. The highest BCUT2D eigenvalue weighted by Crippen LogP contribution is 2.19. The van der Waals surface area contributed by atoms with Crippen molar-refractivity contribution in [1.29, 1.82) is 0 Å². The highest BCUT2D eigenvalue weighted by molar-refractivity contribution is 14.1. The maximum absolute atomic E-state index is 12.4. The fourth-order valence-electron chi connectivity index (χ4n) is 2.71. The zero-order chi connectivity index (χ0) is 14.2. The van der Waals surface area contributed by atoms with E-state index in [0.717, 1.165) is 28.4 Å². The van der Waals surface area contributed by atoms with E-state index >= 15 is 0 Å². The fourth-order valence-corrected chi connectivity index (χ4v) is 3.33. The van der Waals surface area contributed by atoms with Gasteiger partial charge in [0.15, 0.2) is 0 Å². The van der Waals surface area contributed by atoms with Crippen LogP contribution in [0.5, 0.6) is 0 Å². The Hall–Kier alpha value is -0.580. The average molecular weight is 386 g/mol. The lowest BCUT2D eigenvalue weighted by Crippen LogP contribution is -2.20. The first kappa shape index (κ1) is 15.8. The van der Waals surface area contributed by atoms with Crippen molar-refractivity contribution in [2.24, 2.45) is 0 Å². The molecule has 20 heavy (non-hydrogen) atoms. The van der Waals surface area contributed by atoms with Crippen LogP contribution in [-0.2, 0) is 11.2 Å². The van der Waals surface area contributed by atoms with Gasteiger partial charge in [0.2, 0.25) is 0 Å². The van der Waals surface area contributed by atoms with E-state index in [1.807, 2.05) is 18.2 Å². The topological polar surface area (TPSA) is 26.3 Å². The van der Waals surface area contributed by atoms with Crippen molar-refractivity contribution in [1.82, 2.24) is 0 Å². The van der Waals surface area contributed by atoms with E-state index in [4.69, 9.17) is 4.74 Å². The zero-order valence-corrected chi connectivity index (χ0v) is 14.1. The van der Waals surface area contributed by atoms with Gasteiger partial charge in [-0.25, -0.2) is 4.79 Å². The lowest BCUT2D eigenvalue weighted by atomic mass is 10.0. The number of aryl methyl sites for hydroxylation is 1. The van der Waals surface area contributed by atoms with E-state index in [9.17, 15) is 4.79 Å². The van der Waals surface area contributed by atoms with Gasteiger partial charge in [0.25, 0.3) is 0 Å². The number of esters is 1. The van der Waals surface area contributed by atoms with Crippen LogP contribution in [0.2, 0.25) is 0 Å². The molecule has 3 heteroatoms. The van der Waals surface area contributed by atoms with Gasteiger partial charge in [-0.3, -0.25) is 0 Å². The van der Waals surface area contributed by atoms with Crippen LogP contribution in [0.4, 0.5) is 0 Å². The summed E-state index contributed by atoms with van der Waals surface area (Å²) in [6.45, 7) is 0. The van der Waals surface area contributed by atoms with Crippen molar-refractivity contribution in [2.75, 3.05) is 4.43 Å². The molecular formula is C17H23IO2. The van der Waals surface area contributed by atoms with Gasteiger partial charge in [0.05, 0.1) is 5.56 Å². The van der Waals surface area contributed by atoms with Crippen LogP contribution in [-0.4, -0.2) is 16.5 Å². The van der Waals surface area contributed by atoms with Gasteiger partial charge in [-0.05, 0) is 37.3 Å². The van der Waals surface area contributed by atoms with Crippen LogP contribution in [0.3, 0.4) is 0 Å². The highest BCUT2D eigenvalue weighted by atomic mass is 127. The molecule has 0 amide bonds. The molecule has 1 aromatic carbocycles. The number of cyclic esters (lactones) is 1. The van der Waals surface area contributed by atoms with E-state index in [1.54, 1.807) is 0 Å². The molecule has 1 aromatic rings. The number of carbonyl (C=O) groups excluding carboxylic acids is 1. The Labute approximate surface area is 135 Å². The Morgan fingerprint density at radius 1 is 1.05 bits per heavy atom. The van der Waals surface area contributed by atoms with Gasteiger partial charge in [-0.2, -0.15) is 0 Å². The van der Waals surface area contributed by atoms with Crippen molar-refractivity contribution in [2.45, 2.75) is 57.5 Å². The van der Waals surface area contributed by atoms with Gasteiger partial charge in [-0.1, -0.05) is 66.5 Å². The van der Waals surface area contributed by atoms with Gasteiger partial charge in [0.1, 0.15) is 6.10 Å². The van der Waals surface area contributed by atoms with Crippen molar-refractivity contribution in [3.8, 4) is 0 Å². The van der Waals surface area contributed by atoms with Crippen molar-refractivity contribution >= 4 is 28.6 Å². The molecule has 2 nitrogen and oxygen atoms in total. The highest BCUT2D eigenvalue weighted by Gasteiger charge is 2.17. The summed E-state index contributed by atoms with van der Waals surface area (Å²) in [6.07, 6.45) is 9.53. The summed E-state index contributed by atoms with van der Waals surface area (Å²) in [5.74, 6) is -0.137. The van der Waals surface area contributed by atoms with Crippen LogP contribution in [0, 0.1) is 0 Å². The van der Waals surface area contributed by atoms with E-state index in [0.29, 0.717) is 0 Å². The molecule has 2 rings (SSSR count). The number of halogens is 1. The maximum atomic E-state index is 12.4. The smallest absolute Gasteiger partial charge is 0.338 e. The summed E-state index contributed by atoms with van der Waals surface area (Å²) in [7, 11) is 0. The molecule has 0 radical (unpaired) electrons. The van der Waals surface area contributed by atoms with Crippen molar-refractivity contribution in [3.63, 3.8) is 0 Å². The SMILES string of the molecule is O=C1OC(CI)CCCCCCCCc2ccccc21. The molecule has 0 spiro atoms. The van der Waals surface area contributed by atoms with Crippen LogP contribution >= 0.6 is 22.6 Å². The molecule has 0 N–H and O–H groups in total. The molecule has 1 atom stereocenters. The third-order valence-corrected chi connectivity index (χ3v) is 4.89. The quantitative estimate of drug-likeness (QED) is 0.389. The molecule has 0 aromatic heterocycles. The predicted octanol–water partition coefficient (Wildman–Crippen LogP) is 4.93. The van der Waals surface area contributed by atoms with Gasteiger partial charge in [0, 0.05) is 4.43 Å². The number of alkyl halides is 1. The predicted molar refractivity (Wildman–Crippen MR) is 90.6 cm³/mol. The molecule has 110 valence electrons. The van der Waals surface area contributed by atoms with Crippen LogP contribution in [0.25, 0.3) is 0 Å². The maximum Gasteiger partial charge on any atom is 0.338 e. The third-order valence-electron chi connectivity index (χ3n) is 3.91. The Balaban J connectivity index is 2.14. The second-order valence-electron chi connectivity index (χ2n) is 5.50. The fraction of sp³-hybridized carbons (Fsp3) is 0.588. The van der Waals surface area contributed by atoms with Crippen molar-refractivity contribution in [3.05, 3.63) is 35.4 Å². The number of carbonyl (C=O) groups is 1. The number of ether oxygens (including phenoxy) is 1. The third kappa shape index (κ3) is 4.76. The Morgan fingerprint density at radius 2 is 1.75 bits per heavy atom. The minimum Gasteiger partial charge on any atom is -0.458 e. The molecule has 1 aliphatic rings. The van der Waals surface area contributed by atoms with Crippen LogP contribution in [0.1, 0.15) is 60.9 Å². The largest absolute Gasteiger partial charge is 0.458 e. The van der Waals surface area contributed by atoms with Crippen molar-refractivity contribution < 1.29 is 9.53 Å². The Morgan fingerprint density at radius 3 is 2.55 bits per heavy atom. The average Bonchev–Trinajstić information content (AvgIpc) is 2.49. The second kappa shape index (κ2) is 8.65. The molecular weight excluding hydrogens is 363 g/mol. The van der Waals surface area contributed by atoms with Gasteiger partial charge >= 0.3 is 5.97 Å². The zero-order valence-electron chi connectivity index (χ0n) is 11.9. The minimum atomic E-state index is -0.137. The molecule has 1 unspecified atom stereocenters. The summed E-state index contributed by atoms with van der Waals surface area (Å²) >= 11 is 2.32. The summed E-state index contributed by atoms with van der Waals surface area (Å²) in [6, 6.07) is 7.91. The number of fused-ring (bicyclic) bond motifs is 1. The summed E-state index contributed by atoms with van der Waals surface area (Å²) in [5, 5.41) is 0. The number of hydrogen-bond acceptors (Lipinski definition) is 2. The van der Waals surface area contributed by atoms with Crippen LogP contribution < -0.4 is 0 Å². The molecule has 0 bridgehead atoms. The summed E-state index contributed by atoms with van der Waals surface area (Å²) < 4.78 is 6.57. The monoisotopic (exact) mass is 386 g/mol. The molecule has 1 aliphatic heterocycles. The van der Waals surface area contributed by atoms with Gasteiger partial charge in [-0.15, -0.1) is 0 Å². The first-order valence-corrected chi connectivity index (χ1v) is 9.18. The van der Waals surface area contributed by atoms with Crippen LogP contribution in [0.15, 0.2) is 24.3 Å². The van der Waals surface area contributed by atoms with E-state index in [1.165, 1.54) is 38.5 Å². The molecule has 0 fully saturated rings. The summed E-state index contributed by atoms with van der Waals surface area (Å²) in [4.78, 5) is 12.4. The molecule has 0 saturated heterocycles. The summed E-state index contributed by atoms with van der Waals surface area (Å²) in [5.41, 5.74) is 1.91. The molecule has 0 aliphatic carbocycles. The van der Waals surface area contributed by atoms with E-state index < -0.39 is 0 Å². The number of hydrogen-bond donors (Lipinski definition) is 0. The minimum absolute atomic E-state index is 0.0666.